The van der Waals surface area contributed by atoms with Crippen molar-refractivity contribution < 1.29 is 14.6 Å². The standard InChI is InChI=1S/C18H23N3O3/c1-21-8-7-17-14-10-3-4-12(23-2)15(14)24-16(17)11(20-19)5-6-18(17,22)13(21)9-10/h3-4,13,16,22H,5-9,19H2,1-2H3/t13-,16+,17+,18-/m1/s1. The van der Waals surface area contributed by atoms with E-state index < -0.39 is 11.0 Å². The Labute approximate surface area is 141 Å². The second kappa shape index (κ2) is 4.43. The van der Waals surface area contributed by atoms with Gasteiger partial charge in [-0.1, -0.05) is 6.07 Å². The van der Waals surface area contributed by atoms with E-state index in [0.29, 0.717) is 12.8 Å². The predicted molar refractivity (Wildman–Crippen MR) is 89.6 cm³/mol. The highest BCUT2D eigenvalue weighted by Gasteiger charge is 2.72. The molecule has 1 saturated heterocycles. The first kappa shape index (κ1) is 14.5. The summed E-state index contributed by atoms with van der Waals surface area (Å²) in [6.45, 7) is 0.931. The van der Waals surface area contributed by atoms with E-state index in [1.807, 2.05) is 6.07 Å². The SMILES string of the molecule is COc1ccc2c3c1O[C@H]1C(=NN)CC[C@@]4(O)[C@@H](C2)N(C)CC[C@]314. The third-order valence-corrected chi connectivity index (χ3v) is 6.92. The summed E-state index contributed by atoms with van der Waals surface area (Å²) >= 11 is 0. The van der Waals surface area contributed by atoms with Crippen molar-refractivity contribution in [3.05, 3.63) is 23.3 Å². The van der Waals surface area contributed by atoms with Crippen LogP contribution in [-0.4, -0.2) is 54.2 Å². The van der Waals surface area contributed by atoms with Gasteiger partial charge in [0.05, 0.1) is 23.8 Å². The van der Waals surface area contributed by atoms with Crippen molar-refractivity contribution >= 4 is 5.71 Å². The molecule has 6 nitrogen and oxygen atoms in total. The molecule has 2 aliphatic carbocycles. The summed E-state index contributed by atoms with van der Waals surface area (Å²) in [5.41, 5.74) is 1.98. The number of likely N-dealkylation sites (tertiary alicyclic amines) is 1. The molecule has 0 amide bonds. The number of hydrogen-bond acceptors (Lipinski definition) is 6. The number of hydrogen-bond donors (Lipinski definition) is 2. The molecule has 2 heterocycles. The van der Waals surface area contributed by atoms with Crippen LogP contribution in [0.4, 0.5) is 0 Å². The number of benzene rings is 1. The van der Waals surface area contributed by atoms with Crippen LogP contribution in [0.25, 0.3) is 0 Å². The molecule has 1 saturated carbocycles. The van der Waals surface area contributed by atoms with Crippen molar-refractivity contribution in [3.63, 3.8) is 0 Å². The van der Waals surface area contributed by atoms with Gasteiger partial charge in [-0.2, -0.15) is 5.10 Å². The van der Waals surface area contributed by atoms with Gasteiger partial charge in [-0.25, -0.2) is 0 Å². The molecule has 0 unspecified atom stereocenters. The van der Waals surface area contributed by atoms with Crippen LogP contribution >= 0.6 is 0 Å². The zero-order valence-electron chi connectivity index (χ0n) is 14.1. The normalized spacial score (nSPS) is 41.0. The van der Waals surface area contributed by atoms with Crippen LogP contribution in [0, 0.1) is 0 Å². The minimum Gasteiger partial charge on any atom is -0.493 e. The van der Waals surface area contributed by atoms with Crippen molar-refractivity contribution in [1.29, 1.82) is 0 Å². The summed E-state index contributed by atoms with van der Waals surface area (Å²) in [6.07, 6.45) is 2.74. The van der Waals surface area contributed by atoms with Gasteiger partial charge in [-0.05, 0) is 50.9 Å². The van der Waals surface area contributed by atoms with E-state index in [1.165, 1.54) is 5.56 Å². The van der Waals surface area contributed by atoms with Crippen LogP contribution in [0.15, 0.2) is 17.2 Å². The third kappa shape index (κ3) is 1.35. The van der Waals surface area contributed by atoms with Crippen LogP contribution in [0.2, 0.25) is 0 Å². The van der Waals surface area contributed by atoms with Gasteiger partial charge >= 0.3 is 0 Å². The Morgan fingerprint density at radius 1 is 1.42 bits per heavy atom. The van der Waals surface area contributed by atoms with Crippen molar-refractivity contribution in [2.75, 3.05) is 20.7 Å². The van der Waals surface area contributed by atoms with Crippen LogP contribution in [0.3, 0.4) is 0 Å². The number of rotatable bonds is 1. The van der Waals surface area contributed by atoms with Crippen molar-refractivity contribution in [2.24, 2.45) is 10.9 Å². The first-order valence-electron chi connectivity index (χ1n) is 8.63. The lowest BCUT2D eigenvalue weighted by Gasteiger charge is -2.62. The van der Waals surface area contributed by atoms with E-state index in [4.69, 9.17) is 15.3 Å². The highest BCUT2D eigenvalue weighted by molar-refractivity contribution is 5.94. The summed E-state index contributed by atoms with van der Waals surface area (Å²) in [4.78, 5) is 2.30. The minimum absolute atomic E-state index is 0.100. The fraction of sp³-hybridized carbons (Fsp3) is 0.611. The average Bonchev–Trinajstić information content (AvgIpc) is 2.93. The summed E-state index contributed by atoms with van der Waals surface area (Å²) in [7, 11) is 3.77. The molecular weight excluding hydrogens is 306 g/mol. The van der Waals surface area contributed by atoms with Crippen LogP contribution in [0.5, 0.6) is 11.5 Å². The Morgan fingerprint density at radius 3 is 3.00 bits per heavy atom. The smallest absolute Gasteiger partial charge is 0.166 e. The molecule has 4 atom stereocenters. The second-order valence-corrected chi connectivity index (χ2v) is 7.60. The molecule has 1 aromatic carbocycles. The molecule has 0 radical (unpaired) electrons. The Hall–Kier alpha value is -1.79. The molecule has 1 aromatic rings. The predicted octanol–water partition coefficient (Wildman–Crippen LogP) is 0.794. The molecule has 4 aliphatic rings. The Bertz CT molecular complexity index is 764. The highest BCUT2D eigenvalue weighted by Crippen LogP contribution is 2.64. The van der Waals surface area contributed by atoms with E-state index in [1.54, 1.807) is 7.11 Å². The number of likely N-dealkylation sites (N-methyl/N-ethyl adjacent to an activating group) is 1. The molecule has 24 heavy (non-hydrogen) atoms. The average molecular weight is 329 g/mol. The number of nitrogens with zero attached hydrogens (tertiary/aromatic N) is 2. The fourth-order valence-corrected chi connectivity index (χ4v) is 5.83. The molecule has 5 rings (SSSR count). The van der Waals surface area contributed by atoms with Crippen LogP contribution in [0.1, 0.15) is 30.4 Å². The van der Waals surface area contributed by atoms with Gasteiger partial charge < -0.3 is 25.3 Å². The molecule has 6 heteroatoms. The van der Waals surface area contributed by atoms with Gasteiger partial charge in [0.1, 0.15) is 0 Å². The number of methoxy groups -OCH3 is 1. The summed E-state index contributed by atoms with van der Waals surface area (Å²) in [5, 5.41) is 15.9. The molecule has 2 aliphatic heterocycles. The molecule has 0 aromatic heterocycles. The number of piperidine rings is 1. The largest absolute Gasteiger partial charge is 0.493 e. The third-order valence-electron chi connectivity index (χ3n) is 6.92. The molecule has 3 N–H and O–H groups in total. The molecular formula is C18H23N3O3. The van der Waals surface area contributed by atoms with Gasteiger partial charge in [0, 0.05) is 11.6 Å². The van der Waals surface area contributed by atoms with Gasteiger partial charge in [0.2, 0.25) is 0 Å². The highest BCUT2D eigenvalue weighted by atomic mass is 16.5. The topological polar surface area (TPSA) is 80.3 Å². The maximum absolute atomic E-state index is 11.9. The Balaban J connectivity index is 1.85. The van der Waals surface area contributed by atoms with Crippen LogP contribution < -0.4 is 15.3 Å². The maximum Gasteiger partial charge on any atom is 0.166 e. The quantitative estimate of drug-likeness (QED) is 0.588. The van der Waals surface area contributed by atoms with Crippen molar-refractivity contribution in [1.82, 2.24) is 4.90 Å². The Kier molecular flexibility index (Phi) is 2.69. The molecule has 128 valence electrons. The molecule has 2 fully saturated rings. The zero-order valence-corrected chi connectivity index (χ0v) is 14.1. The van der Waals surface area contributed by atoms with Crippen molar-refractivity contribution in [3.8, 4) is 11.5 Å². The summed E-state index contributed by atoms with van der Waals surface area (Å²) in [5.74, 6) is 7.20. The zero-order chi connectivity index (χ0) is 16.7. The van der Waals surface area contributed by atoms with E-state index in [0.717, 1.165) is 42.2 Å². The minimum atomic E-state index is -0.816. The van der Waals surface area contributed by atoms with E-state index in [9.17, 15) is 5.11 Å². The number of hydrazone groups is 1. The van der Waals surface area contributed by atoms with E-state index in [2.05, 4.69) is 23.1 Å². The van der Waals surface area contributed by atoms with Crippen molar-refractivity contribution in [2.45, 2.75) is 48.8 Å². The van der Waals surface area contributed by atoms with Gasteiger partial charge in [0.15, 0.2) is 17.6 Å². The number of nitrogens with two attached hydrogens (primary N) is 1. The number of ether oxygens (including phenoxy) is 2. The van der Waals surface area contributed by atoms with E-state index in [-0.39, 0.29) is 12.1 Å². The Morgan fingerprint density at radius 2 is 2.25 bits per heavy atom. The summed E-state index contributed by atoms with van der Waals surface area (Å²) in [6, 6.07) is 4.20. The first-order chi connectivity index (χ1) is 11.6. The first-order valence-corrected chi connectivity index (χ1v) is 8.63. The van der Waals surface area contributed by atoms with Gasteiger partial charge in [0.25, 0.3) is 0 Å². The van der Waals surface area contributed by atoms with E-state index >= 15 is 0 Å². The number of aliphatic hydroxyl groups is 1. The van der Waals surface area contributed by atoms with Gasteiger partial charge in [-0.3, -0.25) is 0 Å². The van der Waals surface area contributed by atoms with Crippen LogP contribution in [-0.2, 0) is 11.8 Å². The molecule has 1 spiro atoms. The maximum atomic E-state index is 11.9. The van der Waals surface area contributed by atoms with Gasteiger partial charge in [-0.15, -0.1) is 0 Å². The fourth-order valence-electron chi connectivity index (χ4n) is 5.83. The summed E-state index contributed by atoms with van der Waals surface area (Å²) < 4.78 is 11.9. The lowest BCUT2D eigenvalue weighted by Crippen LogP contribution is -2.76. The monoisotopic (exact) mass is 329 g/mol. The molecule has 2 bridgehead atoms. The lowest BCUT2D eigenvalue weighted by molar-refractivity contribution is -0.160. The lowest BCUT2D eigenvalue weighted by atomic mass is 9.49. The second-order valence-electron chi connectivity index (χ2n) is 7.60.